The summed E-state index contributed by atoms with van der Waals surface area (Å²) in [6.07, 6.45) is 0.109. The third-order valence-corrected chi connectivity index (χ3v) is 2.95. The number of ether oxygens (including phenoxy) is 1. The average molecular weight is 271 g/mol. The highest BCUT2D eigenvalue weighted by molar-refractivity contribution is 5.70. The lowest BCUT2D eigenvalue weighted by Gasteiger charge is -2.12. The van der Waals surface area contributed by atoms with Gasteiger partial charge in [-0.25, -0.2) is 0 Å². The number of hydrogen-bond acceptors (Lipinski definition) is 4. The minimum absolute atomic E-state index is 0.109. The summed E-state index contributed by atoms with van der Waals surface area (Å²) in [6.45, 7) is 0.252. The van der Waals surface area contributed by atoms with Crippen molar-refractivity contribution in [2.24, 2.45) is 5.73 Å². The van der Waals surface area contributed by atoms with E-state index < -0.39 is 6.04 Å². The number of phenols is 1. The molecule has 0 amide bonds. The highest BCUT2D eigenvalue weighted by atomic mass is 16.5. The second-order valence-electron chi connectivity index (χ2n) is 4.55. The van der Waals surface area contributed by atoms with Crippen molar-refractivity contribution in [1.29, 1.82) is 0 Å². The smallest absolute Gasteiger partial charge is 0.308 e. The summed E-state index contributed by atoms with van der Waals surface area (Å²) in [5.74, 6) is -0.165. The van der Waals surface area contributed by atoms with Gasteiger partial charge in [0.2, 0.25) is 0 Å². The third-order valence-electron chi connectivity index (χ3n) is 2.95. The molecule has 0 heterocycles. The van der Waals surface area contributed by atoms with Gasteiger partial charge in [0.25, 0.3) is 0 Å². The maximum atomic E-state index is 11.7. The van der Waals surface area contributed by atoms with Crippen LogP contribution in [0.25, 0.3) is 0 Å². The SMILES string of the molecule is NC(CC(=O)OCc1ccccc1)c1ccc(O)cc1. The molecule has 1 unspecified atom stereocenters. The molecule has 0 aromatic heterocycles. The largest absolute Gasteiger partial charge is 0.508 e. The molecular weight excluding hydrogens is 254 g/mol. The Balaban J connectivity index is 1.83. The van der Waals surface area contributed by atoms with Crippen LogP contribution in [0.15, 0.2) is 54.6 Å². The Morgan fingerprint density at radius 1 is 1.10 bits per heavy atom. The predicted octanol–water partition coefficient (Wildman–Crippen LogP) is 2.53. The van der Waals surface area contributed by atoms with Crippen LogP contribution < -0.4 is 5.73 Å². The predicted molar refractivity (Wildman–Crippen MR) is 75.9 cm³/mol. The fourth-order valence-electron chi connectivity index (χ4n) is 1.82. The summed E-state index contributed by atoms with van der Waals surface area (Å²) in [5, 5.41) is 9.20. The van der Waals surface area contributed by atoms with Crippen molar-refractivity contribution in [3.05, 3.63) is 65.7 Å². The number of aromatic hydroxyl groups is 1. The number of benzene rings is 2. The number of carbonyl (C=O) groups excluding carboxylic acids is 1. The van der Waals surface area contributed by atoms with Crippen molar-refractivity contribution < 1.29 is 14.6 Å². The Morgan fingerprint density at radius 3 is 2.40 bits per heavy atom. The molecule has 0 aliphatic carbocycles. The second-order valence-corrected chi connectivity index (χ2v) is 4.55. The summed E-state index contributed by atoms with van der Waals surface area (Å²) < 4.78 is 5.18. The van der Waals surface area contributed by atoms with Crippen LogP contribution in [0, 0.1) is 0 Å². The summed E-state index contributed by atoms with van der Waals surface area (Å²) >= 11 is 0. The van der Waals surface area contributed by atoms with Crippen molar-refractivity contribution in [2.45, 2.75) is 19.1 Å². The maximum absolute atomic E-state index is 11.7. The van der Waals surface area contributed by atoms with Crippen LogP contribution in [0.5, 0.6) is 5.75 Å². The Bertz CT molecular complexity index is 552. The van der Waals surface area contributed by atoms with E-state index in [4.69, 9.17) is 10.5 Å². The summed E-state index contributed by atoms with van der Waals surface area (Å²) in [6, 6.07) is 15.5. The second kappa shape index (κ2) is 6.73. The van der Waals surface area contributed by atoms with Gasteiger partial charge in [-0.15, -0.1) is 0 Å². The first-order chi connectivity index (χ1) is 9.65. The average Bonchev–Trinajstić information content (AvgIpc) is 2.47. The molecule has 20 heavy (non-hydrogen) atoms. The molecule has 0 aliphatic heterocycles. The van der Waals surface area contributed by atoms with Crippen LogP contribution in [0.1, 0.15) is 23.6 Å². The van der Waals surface area contributed by atoms with Gasteiger partial charge >= 0.3 is 5.97 Å². The van der Waals surface area contributed by atoms with E-state index in [1.54, 1.807) is 24.3 Å². The molecule has 0 saturated heterocycles. The summed E-state index contributed by atoms with van der Waals surface area (Å²) in [7, 11) is 0. The Kier molecular flexibility index (Phi) is 4.74. The monoisotopic (exact) mass is 271 g/mol. The normalized spacial score (nSPS) is 11.8. The highest BCUT2D eigenvalue weighted by Crippen LogP contribution is 2.18. The third kappa shape index (κ3) is 4.10. The molecular formula is C16H17NO3. The zero-order valence-corrected chi connectivity index (χ0v) is 11.0. The summed E-state index contributed by atoms with van der Waals surface area (Å²) in [4.78, 5) is 11.7. The van der Waals surface area contributed by atoms with Gasteiger partial charge < -0.3 is 15.6 Å². The van der Waals surface area contributed by atoms with Crippen LogP contribution in [0.3, 0.4) is 0 Å². The van der Waals surface area contributed by atoms with Crippen molar-refractivity contribution in [1.82, 2.24) is 0 Å². The number of esters is 1. The standard InChI is InChI=1S/C16H17NO3/c17-15(13-6-8-14(18)9-7-13)10-16(19)20-11-12-4-2-1-3-5-12/h1-9,15,18H,10-11,17H2. The molecule has 104 valence electrons. The number of carbonyl (C=O) groups is 1. The van der Waals surface area contributed by atoms with E-state index in [2.05, 4.69) is 0 Å². The van der Waals surface area contributed by atoms with Gasteiger partial charge in [0.05, 0.1) is 6.42 Å². The first-order valence-electron chi connectivity index (χ1n) is 6.39. The van der Waals surface area contributed by atoms with Gasteiger partial charge in [-0.2, -0.15) is 0 Å². The lowest BCUT2D eigenvalue weighted by atomic mass is 10.0. The van der Waals surface area contributed by atoms with Crippen LogP contribution in [0.2, 0.25) is 0 Å². The fraction of sp³-hybridized carbons (Fsp3) is 0.188. The van der Waals surface area contributed by atoms with Gasteiger partial charge in [-0.3, -0.25) is 4.79 Å². The zero-order valence-electron chi connectivity index (χ0n) is 11.0. The topological polar surface area (TPSA) is 72.6 Å². The van der Waals surface area contributed by atoms with E-state index in [1.807, 2.05) is 30.3 Å². The van der Waals surface area contributed by atoms with Gasteiger partial charge in [-0.05, 0) is 23.3 Å². The Hall–Kier alpha value is -2.33. The number of hydrogen-bond donors (Lipinski definition) is 2. The molecule has 2 aromatic rings. The molecule has 0 spiro atoms. The van der Waals surface area contributed by atoms with Crippen LogP contribution in [0.4, 0.5) is 0 Å². The van der Waals surface area contributed by atoms with E-state index in [-0.39, 0.29) is 24.7 Å². The molecule has 0 radical (unpaired) electrons. The minimum Gasteiger partial charge on any atom is -0.508 e. The lowest BCUT2D eigenvalue weighted by Crippen LogP contribution is -2.17. The van der Waals surface area contributed by atoms with Crippen LogP contribution in [-0.2, 0) is 16.1 Å². The first-order valence-corrected chi connectivity index (χ1v) is 6.39. The van der Waals surface area contributed by atoms with E-state index in [1.165, 1.54) is 0 Å². The maximum Gasteiger partial charge on any atom is 0.308 e. The van der Waals surface area contributed by atoms with E-state index in [9.17, 15) is 9.90 Å². The van der Waals surface area contributed by atoms with Crippen molar-refractivity contribution in [2.75, 3.05) is 0 Å². The van der Waals surface area contributed by atoms with Gasteiger partial charge in [-0.1, -0.05) is 42.5 Å². The number of rotatable bonds is 5. The fourth-order valence-corrected chi connectivity index (χ4v) is 1.82. The van der Waals surface area contributed by atoms with Crippen molar-refractivity contribution >= 4 is 5.97 Å². The van der Waals surface area contributed by atoms with Gasteiger partial charge in [0.1, 0.15) is 12.4 Å². The number of phenolic OH excluding ortho intramolecular Hbond substituents is 1. The molecule has 2 rings (SSSR count). The van der Waals surface area contributed by atoms with Crippen molar-refractivity contribution in [3.8, 4) is 5.75 Å². The molecule has 1 atom stereocenters. The molecule has 4 heteroatoms. The molecule has 0 fully saturated rings. The quantitative estimate of drug-likeness (QED) is 0.820. The van der Waals surface area contributed by atoms with Crippen LogP contribution >= 0.6 is 0 Å². The lowest BCUT2D eigenvalue weighted by molar-refractivity contribution is -0.145. The van der Waals surface area contributed by atoms with Gasteiger partial charge in [0.15, 0.2) is 0 Å². The highest BCUT2D eigenvalue weighted by Gasteiger charge is 2.12. The van der Waals surface area contributed by atoms with Crippen LogP contribution in [-0.4, -0.2) is 11.1 Å². The van der Waals surface area contributed by atoms with Crippen molar-refractivity contribution in [3.63, 3.8) is 0 Å². The van der Waals surface area contributed by atoms with E-state index in [0.717, 1.165) is 11.1 Å². The Morgan fingerprint density at radius 2 is 1.75 bits per heavy atom. The molecule has 4 nitrogen and oxygen atoms in total. The zero-order chi connectivity index (χ0) is 14.4. The molecule has 0 saturated carbocycles. The Labute approximate surface area is 117 Å². The van der Waals surface area contributed by atoms with E-state index >= 15 is 0 Å². The molecule has 3 N–H and O–H groups in total. The first kappa shape index (κ1) is 14.1. The number of nitrogens with two attached hydrogens (primary N) is 1. The molecule has 0 aliphatic rings. The van der Waals surface area contributed by atoms with E-state index in [0.29, 0.717) is 0 Å². The molecule has 2 aromatic carbocycles. The van der Waals surface area contributed by atoms with Gasteiger partial charge in [0, 0.05) is 6.04 Å². The molecule has 0 bridgehead atoms. The minimum atomic E-state index is -0.432. The summed E-state index contributed by atoms with van der Waals surface area (Å²) in [5.41, 5.74) is 7.67.